The van der Waals surface area contributed by atoms with Gasteiger partial charge in [0, 0.05) is 13.0 Å². The number of nitrogens with one attached hydrogen (secondary N) is 1. The molecule has 1 amide bonds. The van der Waals surface area contributed by atoms with Crippen LogP contribution in [0.4, 0.5) is 74.6 Å². The first kappa shape index (κ1) is 41.0. The van der Waals surface area contributed by atoms with Crippen molar-refractivity contribution in [3.8, 4) is 0 Å². The van der Waals surface area contributed by atoms with Gasteiger partial charge < -0.3 is 33.8 Å². The molecule has 0 saturated carbocycles. The Bertz CT molecular complexity index is 845. The van der Waals surface area contributed by atoms with E-state index in [9.17, 15) is 79.4 Å². The maximum absolute atomic E-state index is 14.4. The van der Waals surface area contributed by atoms with Crippen LogP contribution in [-0.4, -0.2) is 92.0 Å². The summed E-state index contributed by atoms with van der Waals surface area (Å²) in [7, 11) is 1.59. The van der Waals surface area contributed by atoms with Crippen LogP contribution in [0.2, 0.25) is 0 Å². The summed E-state index contributed by atoms with van der Waals surface area (Å²) < 4.78 is 226. The average molecular weight is 750 g/mol. The van der Waals surface area contributed by atoms with Crippen LogP contribution >= 0.6 is 0 Å². The monoisotopic (exact) mass is 750 g/mol. The van der Waals surface area contributed by atoms with E-state index in [1.54, 1.807) is 20.9 Å². The first-order valence-corrected chi connectivity index (χ1v) is 10.1. The van der Waals surface area contributed by atoms with E-state index in [0.29, 0.717) is 13.1 Å². The number of alkyl halides is 17. The van der Waals surface area contributed by atoms with Gasteiger partial charge in [0.1, 0.15) is 0 Å². The number of rotatable bonds is 13. The maximum Gasteiger partial charge on any atom is 0.462 e. The summed E-state index contributed by atoms with van der Waals surface area (Å²) in [4.78, 5) is 11.7. The van der Waals surface area contributed by atoms with Crippen LogP contribution in [0.25, 0.3) is 0 Å². The number of carbonyl (C=O) groups is 1. The number of nitrogens with zero attached hydrogens (tertiary/aromatic N) is 1. The molecule has 0 aliphatic heterocycles. The van der Waals surface area contributed by atoms with Gasteiger partial charge in [-0.05, 0) is 13.8 Å². The number of carbonyl (C=O) groups excluding carboxylic acids is 1. The topological polar surface area (TPSA) is 47.6 Å². The minimum Gasteiger partial charge on any atom is -1.00 e. The molecular weight excluding hydrogens is 730 g/mol. The van der Waals surface area contributed by atoms with E-state index >= 15 is 0 Å². The first-order valence-electron chi connectivity index (χ1n) is 10.1. The highest BCUT2D eigenvalue weighted by atomic mass is 127. The van der Waals surface area contributed by atoms with E-state index in [1.807, 2.05) is 4.74 Å². The van der Waals surface area contributed by atoms with Crippen LogP contribution in [0.5, 0.6) is 0 Å². The van der Waals surface area contributed by atoms with E-state index < -0.39 is 60.8 Å². The van der Waals surface area contributed by atoms with Crippen molar-refractivity contribution < 1.29 is 117 Å². The normalized spacial score (nSPS) is 17.5. The van der Waals surface area contributed by atoms with Gasteiger partial charge in [0.25, 0.3) is 5.91 Å². The molecule has 0 aliphatic carbocycles. The molecule has 1 N–H and O–H groups in total. The van der Waals surface area contributed by atoms with Gasteiger partial charge >= 0.3 is 48.4 Å². The number of amides is 1. The molecule has 2 unspecified atom stereocenters. The quantitative estimate of drug-likeness (QED) is 0.137. The molecule has 0 saturated heterocycles. The average Bonchev–Trinajstić information content (AvgIpc) is 2.73. The Morgan fingerprint density at radius 1 is 0.675 bits per heavy atom. The highest BCUT2D eigenvalue weighted by Gasteiger charge is 2.85. The molecular formula is C17H20F17IN2O3. The fraction of sp³-hybridized carbons (Fsp3) is 0.941. The Morgan fingerprint density at radius 3 is 1.43 bits per heavy atom. The van der Waals surface area contributed by atoms with Crippen LogP contribution in [0, 0.1) is 0 Å². The Balaban J connectivity index is 0. The molecule has 0 bridgehead atoms. The molecule has 23 heteroatoms. The third-order valence-corrected chi connectivity index (χ3v) is 5.34. The van der Waals surface area contributed by atoms with E-state index in [2.05, 4.69) is 0 Å². The van der Waals surface area contributed by atoms with Gasteiger partial charge in [-0.1, -0.05) is 0 Å². The highest BCUT2D eigenvalue weighted by Crippen LogP contribution is 2.56. The lowest BCUT2D eigenvalue weighted by atomic mass is 10.2. The third kappa shape index (κ3) is 8.25. The molecule has 242 valence electrons. The molecule has 40 heavy (non-hydrogen) atoms. The van der Waals surface area contributed by atoms with Gasteiger partial charge in [0.05, 0.1) is 26.7 Å². The second kappa shape index (κ2) is 12.6. The minimum atomic E-state index is -8.03. The fourth-order valence-electron chi connectivity index (χ4n) is 2.48. The molecule has 2 atom stereocenters. The summed E-state index contributed by atoms with van der Waals surface area (Å²) in [5.41, 5.74) is 0. The lowest BCUT2D eigenvalue weighted by Crippen LogP contribution is -3.00. The number of ether oxygens (including phenoxy) is 2. The second-order valence-corrected chi connectivity index (χ2v) is 8.08. The van der Waals surface area contributed by atoms with Crippen molar-refractivity contribution in [2.24, 2.45) is 0 Å². The van der Waals surface area contributed by atoms with Crippen molar-refractivity contribution in [2.45, 2.75) is 68.6 Å². The van der Waals surface area contributed by atoms with Gasteiger partial charge in [0.15, 0.2) is 0 Å². The molecule has 0 rings (SSSR count). The zero-order valence-corrected chi connectivity index (χ0v) is 22.2. The van der Waals surface area contributed by atoms with E-state index in [0.717, 1.165) is 5.32 Å². The number of hydrogen-bond acceptors (Lipinski definition) is 3. The first-order chi connectivity index (χ1) is 16.9. The highest BCUT2D eigenvalue weighted by molar-refractivity contribution is 5.84. The predicted octanol–water partition coefficient (Wildman–Crippen LogP) is 2.86. The standard InChI is InChI=1S/C17H19F17N2O3.HI/c1-4-36(3,5-2)8-6-7-35-9(37)10(18,13(22,23)24)38-17(33,34)12(21,15(28,29)30)39-16(31,32)11(19,20)14(25,26)27;/h4-8H2,1-3H3;1H. The molecule has 0 aromatic carbocycles. The molecule has 0 heterocycles. The Kier molecular flexibility index (Phi) is 13.0. The molecule has 0 spiro atoms. The number of quaternary nitrogens is 1. The van der Waals surface area contributed by atoms with Crippen molar-refractivity contribution in [3.63, 3.8) is 0 Å². The molecule has 0 radical (unpaired) electrons. The Hall–Kier alpha value is -1.11. The third-order valence-electron chi connectivity index (χ3n) is 5.34. The van der Waals surface area contributed by atoms with E-state index in [1.165, 1.54) is 4.74 Å². The van der Waals surface area contributed by atoms with E-state index in [4.69, 9.17) is 0 Å². The van der Waals surface area contributed by atoms with Gasteiger partial charge in [-0.15, -0.1) is 0 Å². The molecule has 0 fully saturated rings. The van der Waals surface area contributed by atoms with Gasteiger partial charge in [-0.25, -0.2) is 0 Å². The van der Waals surface area contributed by atoms with Crippen LogP contribution in [0.1, 0.15) is 20.3 Å². The number of halogens is 18. The minimum absolute atomic E-state index is 0. The Labute approximate surface area is 230 Å². The van der Waals surface area contributed by atoms with Gasteiger partial charge in [-0.3, -0.25) is 14.3 Å². The van der Waals surface area contributed by atoms with Gasteiger partial charge in [-0.2, -0.15) is 74.6 Å². The van der Waals surface area contributed by atoms with Gasteiger partial charge in [0.2, 0.25) is 0 Å². The zero-order valence-electron chi connectivity index (χ0n) is 20.0. The lowest BCUT2D eigenvalue weighted by Gasteiger charge is -2.40. The van der Waals surface area contributed by atoms with Crippen LogP contribution in [0.3, 0.4) is 0 Å². The summed E-state index contributed by atoms with van der Waals surface area (Å²) in [6.45, 7) is 3.14. The largest absolute Gasteiger partial charge is 1.00 e. The number of hydrogen-bond donors (Lipinski definition) is 1. The molecule has 0 aromatic rings. The SMILES string of the molecule is CC[N+](C)(CC)CCCNC(=O)C(F)(OC(F)(F)C(F)(OC(F)(F)C(F)(F)C(F)(F)F)C(F)(F)F)C(F)(F)F.[I-]. The fourth-order valence-corrected chi connectivity index (χ4v) is 2.48. The second-order valence-electron chi connectivity index (χ2n) is 8.08. The van der Waals surface area contributed by atoms with Crippen molar-refractivity contribution in [3.05, 3.63) is 0 Å². The zero-order chi connectivity index (χ0) is 31.7. The smallest absolute Gasteiger partial charge is 0.462 e. The lowest BCUT2D eigenvalue weighted by molar-refractivity contribution is -0.906. The van der Waals surface area contributed by atoms with Crippen molar-refractivity contribution in [2.75, 3.05) is 33.2 Å². The Morgan fingerprint density at radius 2 is 1.10 bits per heavy atom. The van der Waals surface area contributed by atoms with Crippen molar-refractivity contribution in [1.29, 1.82) is 0 Å². The summed E-state index contributed by atoms with van der Waals surface area (Å²) in [6, 6.07) is 0. The summed E-state index contributed by atoms with van der Waals surface area (Å²) in [5.74, 6) is -26.0. The van der Waals surface area contributed by atoms with Crippen molar-refractivity contribution >= 4 is 5.91 Å². The van der Waals surface area contributed by atoms with E-state index in [-0.39, 0.29) is 41.4 Å². The predicted molar refractivity (Wildman–Crippen MR) is 92.6 cm³/mol. The molecule has 5 nitrogen and oxygen atoms in total. The summed E-state index contributed by atoms with van der Waals surface area (Å²) in [6.07, 6.45) is -38.7. The van der Waals surface area contributed by atoms with Crippen molar-refractivity contribution in [1.82, 2.24) is 5.32 Å². The summed E-state index contributed by atoms with van der Waals surface area (Å²) >= 11 is 0. The van der Waals surface area contributed by atoms with Crippen LogP contribution in [-0.2, 0) is 14.3 Å². The summed E-state index contributed by atoms with van der Waals surface area (Å²) in [5, 5.41) is 0.992. The molecule has 0 aliphatic rings. The molecule has 0 aromatic heterocycles. The van der Waals surface area contributed by atoms with Crippen LogP contribution in [0.15, 0.2) is 0 Å². The van der Waals surface area contributed by atoms with Crippen LogP contribution < -0.4 is 29.3 Å². The maximum atomic E-state index is 14.4.